The van der Waals surface area contributed by atoms with Gasteiger partial charge in [-0.3, -0.25) is 9.67 Å². The van der Waals surface area contributed by atoms with Crippen LogP contribution in [0.15, 0.2) is 61.3 Å². The molecule has 10 heteroatoms. The molecule has 6 rings (SSSR count). The van der Waals surface area contributed by atoms with E-state index in [-0.39, 0.29) is 5.41 Å². The van der Waals surface area contributed by atoms with E-state index >= 15 is 4.39 Å². The molecule has 0 saturated carbocycles. The fourth-order valence-corrected chi connectivity index (χ4v) is 4.95. The molecule has 0 spiro atoms. The molecule has 1 saturated heterocycles. The minimum Gasteiger partial charge on any atom is -0.492 e. The normalized spacial score (nSPS) is 14.7. The average molecular weight is 514 g/mol. The number of anilines is 2. The molecule has 38 heavy (non-hydrogen) atoms. The van der Waals surface area contributed by atoms with Gasteiger partial charge >= 0.3 is 0 Å². The van der Waals surface area contributed by atoms with Crippen LogP contribution < -0.4 is 10.1 Å². The van der Waals surface area contributed by atoms with Crippen molar-refractivity contribution in [1.29, 1.82) is 0 Å². The second-order valence-corrected chi connectivity index (χ2v) is 10.1. The lowest BCUT2D eigenvalue weighted by Gasteiger charge is -2.42. The third-order valence-electron chi connectivity index (χ3n) is 6.71. The fraction of sp³-hybridized carbons (Fsp3) is 0.286. The Morgan fingerprint density at radius 3 is 2.71 bits per heavy atom. The smallest absolute Gasteiger partial charge is 0.156 e. The summed E-state index contributed by atoms with van der Waals surface area (Å²) >= 11 is 0. The summed E-state index contributed by atoms with van der Waals surface area (Å²) in [5.74, 6) is 0.669. The van der Waals surface area contributed by atoms with E-state index in [9.17, 15) is 0 Å². The number of benzene rings is 2. The van der Waals surface area contributed by atoms with E-state index in [0.717, 1.165) is 17.7 Å². The van der Waals surface area contributed by atoms with E-state index in [1.54, 1.807) is 41.3 Å². The van der Waals surface area contributed by atoms with Gasteiger partial charge in [-0.2, -0.15) is 5.10 Å². The van der Waals surface area contributed by atoms with E-state index in [1.165, 1.54) is 6.33 Å². The predicted octanol–water partition coefficient (Wildman–Crippen LogP) is 4.42. The quantitative estimate of drug-likeness (QED) is 0.326. The molecule has 4 heterocycles. The first-order valence-electron chi connectivity index (χ1n) is 12.3. The van der Waals surface area contributed by atoms with E-state index in [0.29, 0.717) is 58.9 Å². The summed E-state index contributed by atoms with van der Waals surface area (Å²) in [6, 6.07) is 10.8. The third kappa shape index (κ3) is 4.52. The van der Waals surface area contributed by atoms with Crippen LogP contribution in [-0.2, 0) is 11.8 Å². The van der Waals surface area contributed by atoms with Crippen LogP contribution in [0.1, 0.15) is 0 Å². The Balaban J connectivity index is 1.44. The van der Waals surface area contributed by atoms with E-state index in [2.05, 4.69) is 30.3 Å². The van der Waals surface area contributed by atoms with E-state index in [4.69, 9.17) is 9.47 Å². The molecule has 1 aliphatic heterocycles. The number of nitrogens with one attached hydrogen (secondary N) is 1. The molecule has 194 valence electrons. The number of aryl methyl sites for hydroxylation is 1. The third-order valence-corrected chi connectivity index (χ3v) is 6.71. The zero-order chi connectivity index (χ0) is 26.3. The largest absolute Gasteiger partial charge is 0.492 e. The number of halogens is 1. The van der Waals surface area contributed by atoms with Crippen molar-refractivity contribution in [2.24, 2.45) is 12.5 Å². The van der Waals surface area contributed by atoms with Crippen molar-refractivity contribution in [3.63, 3.8) is 0 Å². The van der Waals surface area contributed by atoms with Gasteiger partial charge in [-0.25, -0.2) is 14.4 Å². The molecule has 0 atom stereocenters. The maximum Gasteiger partial charge on any atom is 0.156 e. The molecule has 9 nitrogen and oxygen atoms in total. The molecule has 0 bridgehead atoms. The monoisotopic (exact) mass is 513 g/mol. The SMILES string of the molecule is CN(C)CC1(COc2cc(-c3cnn(C)c3)cc3ncnc(Nc4ccc5ncccc5c4F)c23)COC1. The molecule has 1 aliphatic rings. The Morgan fingerprint density at radius 1 is 1.11 bits per heavy atom. The van der Waals surface area contributed by atoms with Crippen LogP contribution in [0.25, 0.3) is 32.9 Å². The Morgan fingerprint density at radius 2 is 1.97 bits per heavy atom. The number of hydrogen-bond donors (Lipinski definition) is 1. The second-order valence-electron chi connectivity index (χ2n) is 10.1. The molecule has 0 radical (unpaired) electrons. The Labute approximate surface area is 219 Å². The Hall–Kier alpha value is -4.15. The Kier molecular flexibility index (Phi) is 6.13. The van der Waals surface area contributed by atoms with Gasteiger partial charge in [0.25, 0.3) is 0 Å². The lowest BCUT2D eigenvalue weighted by molar-refractivity contribution is -0.139. The standard InChI is InChI=1S/C28H28FN7O2/c1-35(2)13-28(14-37-15-28)16-38-24-10-18(19-11-33-36(3)12-19)9-23-25(24)27(32-17-31-23)34-22-7-6-21-20(26(22)29)5-4-8-30-21/h4-12,17H,13-16H2,1-3H3,(H,31,32,34). The van der Waals surface area contributed by atoms with Gasteiger partial charge < -0.3 is 19.7 Å². The molecule has 1 N–H and O–H groups in total. The van der Waals surface area contributed by atoms with E-state index in [1.807, 2.05) is 39.5 Å². The second kappa shape index (κ2) is 9.62. The number of pyridine rings is 1. The molecule has 0 aliphatic carbocycles. The van der Waals surface area contributed by atoms with Crippen LogP contribution >= 0.6 is 0 Å². The zero-order valence-corrected chi connectivity index (χ0v) is 21.5. The number of nitrogens with zero attached hydrogens (tertiary/aromatic N) is 6. The van der Waals surface area contributed by atoms with Crippen molar-refractivity contribution in [3.05, 3.63) is 67.1 Å². The molecule has 2 aromatic carbocycles. The number of fused-ring (bicyclic) bond motifs is 2. The first kappa shape index (κ1) is 24.2. The van der Waals surface area contributed by atoms with Crippen LogP contribution in [0.4, 0.5) is 15.9 Å². The summed E-state index contributed by atoms with van der Waals surface area (Å²) in [5, 5.41) is 8.60. The van der Waals surface area contributed by atoms with Gasteiger partial charge in [0.05, 0.1) is 53.5 Å². The lowest BCUT2D eigenvalue weighted by Crippen LogP contribution is -2.53. The van der Waals surface area contributed by atoms with Crippen LogP contribution in [-0.4, -0.2) is 70.1 Å². The van der Waals surface area contributed by atoms with Crippen molar-refractivity contribution < 1.29 is 13.9 Å². The van der Waals surface area contributed by atoms with Gasteiger partial charge in [0.15, 0.2) is 5.82 Å². The summed E-state index contributed by atoms with van der Waals surface area (Å²) in [6.07, 6.45) is 6.86. The van der Waals surface area contributed by atoms with Crippen molar-refractivity contribution in [2.45, 2.75) is 0 Å². The van der Waals surface area contributed by atoms with Gasteiger partial charge in [0, 0.05) is 36.9 Å². The Bertz CT molecular complexity index is 1630. The average Bonchev–Trinajstić information content (AvgIpc) is 3.33. The highest BCUT2D eigenvalue weighted by Gasteiger charge is 2.40. The topological polar surface area (TPSA) is 90.2 Å². The van der Waals surface area contributed by atoms with Gasteiger partial charge in [-0.15, -0.1) is 0 Å². The van der Waals surface area contributed by atoms with Gasteiger partial charge in [-0.05, 0) is 56.1 Å². The first-order valence-corrected chi connectivity index (χ1v) is 12.3. The highest BCUT2D eigenvalue weighted by atomic mass is 19.1. The van der Waals surface area contributed by atoms with Gasteiger partial charge in [0.2, 0.25) is 0 Å². The van der Waals surface area contributed by atoms with Crippen molar-refractivity contribution in [1.82, 2.24) is 29.6 Å². The molecular formula is C28H28FN7O2. The fourth-order valence-electron chi connectivity index (χ4n) is 4.95. The predicted molar refractivity (Wildman–Crippen MR) is 144 cm³/mol. The minimum absolute atomic E-state index is 0.110. The van der Waals surface area contributed by atoms with Crippen molar-refractivity contribution >= 4 is 33.3 Å². The lowest BCUT2D eigenvalue weighted by atomic mass is 9.86. The molecule has 5 aromatic rings. The maximum atomic E-state index is 15.4. The molecule has 0 unspecified atom stereocenters. The molecule has 3 aromatic heterocycles. The molecular weight excluding hydrogens is 485 g/mol. The highest BCUT2D eigenvalue weighted by Crippen LogP contribution is 2.38. The highest BCUT2D eigenvalue weighted by molar-refractivity contribution is 5.99. The van der Waals surface area contributed by atoms with Crippen molar-refractivity contribution in [3.8, 4) is 16.9 Å². The van der Waals surface area contributed by atoms with Gasteiger partial charge in [-0.1, -0.05) is 0 Å². The maximum absolute atomic E-state index is 15.4. The number of ether oxygens (including phenoxy) is 2. The van der Waals surface area contributed by atoms with E-state index < -0.39 is 5.82 Å². The van der Waals surface area contributed by atoms with Crippen molar-refractivity contribution in [2.75, 3.05) is 45.8 Å². The molecule has 0 amide bonds. The summed E-state index contributed by atoms with van der Waals surface area (Å²) in [5.41, 5.74) is 3.30. The van der Waals surface area contributed by atoms with Crippen LogP contribution in [0.2, 0.25) is 0 Å². The minimum atomic E-state index is -0.395. The number of aromatic nitrogens is 5. The summed E-state index contributed by atoms with van der Waals surface area (Å²) in [6.45, 7) is 2.55. The van der Waals surface area contributed by atoms with Crippen LogP contribution in [0.5, 0.6) is 5.75 Å². The summed E-state index contributed by atoms with van der Waals surface area (Å²) in [7, 11) is 5.96. The zero-order valence-electron chi connectivity index (χ0n) is 21.5. The summed E-state index contributed by atoms with van der Waals surface area (Å²) in [4.78, 5) is 15.4. The molecule has 1 fully saturated rings. The number of hydrogen-bond acceptors (Lipinski definition) is 8. The number of rotatable bonds is 8. The first-order chi connectivity index (χ1) is 18.4. The van der Waals surface area contributed by atoms with Gasteiger partial charge in [0.1, 0.15) is 17.9 Å². The van der Waals surface area contributed by atoms with Crippen LogP contribution in [0.3, 0.4) is 0 Å². The summed E-state index contributed by atoms with van der Waals surface area (Å²) < 4.78 is 29.2. The van der Waals surface area contributed by atoms with Crippen LogP contribution in [0, 0.1) is 11.2 Å².